The van der Waals surface area contributed by atoms with Gasteiger partial charge in [0.2, 0.25) is 11.7 Å². The Balaban J connectivity index is 1.87. The molecule has 114 valence electrons. The molecule has 0 aliphatic rings. The zero-order valence-corrected chi connectivity index (χ0v) is 13.5. The van der Waals surface area contributed by atoms with Crippen LogP contribution in [0, 0.1) is 18.7 Å². The van der Waals surface area contributed by atoms with Gasteiger partial charge in [0.1, 0.15) is 5.82 Å². The zero-order chi connectivity index (χ0) is 15.2. The molecule has 0 unspecified atom stereocenters. The molecule has 5 heteroatoms. The highest BCUT2D eigenvalue weighted by Crippen LogP contribution is 2.19. The van der Waals surface area contributed by atoms with Crippen LogP contribution in [0.5, 0.6) is 0 Å². The van der Waals surface area contributed by atoms with Crippen LogP contribution >= 0.6 is 11.8 Å². The van der Waals surface area contributed by atoms with Gasteiger partial charge in [0.05, 0.1) is 0 Å². The van der Waals surface area contributed by atoms with Crippen LogP contribution in [0.25, 0.3) is 11.4 Å². The van der Waals surface area contributed by atoms with Crippen LogP contribution in [0.2, 0.25) is 0 Å². The smallest absolute Gasteiger partial charge is 0.226 e. The van der Waals surface area contributed by atoms with Crippen LogP contribution in [-0.4, -0.2) is 21.6 Å². The Labute approximate surface area is 129 Å². The Morgan fingerprint density at radius 3 is 2.86 bits per heavy atom. The Morgan fingerprint density at radius 2 is 2.14 bits per heavy atom. The second-order valence-corrected chi connectivity index (χ2v) is 6.70. The molecule has 1 aromatic carbocycles. The molecule has 0 fully saturated rings. The average molecular weight is 308 g/mol. The molecule has 0 saturated heterocycles. The van der Waals surface area contributed by atoms with Gasteiger partial charge >= 0.3 is 0 Å². The van der Waals surface area contributed by atoms with E-state index in [2.05, 4.69) is 24.0 Å². The van der Waals surface area contributed by atoms with Crippen molar-refractivity contribution in [2.45, 2.75) is 33.6 Å². The molecule has 1 aromatic heterocycles. The van der Waals surface area contributed by atoms with Crippen molar-refractivity contribution in [3.05, 3.63) is 35.5 Å². The highest BCUT2D eigenvalue weighted by atomic mass is 32.2. The second kappa shape index (κ2) is 7.59. The van der Waals surface area contributed by atoms with Crippen LogP contribution in [-0.2, 0) is 6.42 Å². The largest absolute Gasteiger partial charge is 0.339 e. The van der Waals surface area contributed by atoms with Gasteiger partial charge in [-0.25, -0.2) is 4.39 Å². The van der Waals surface area contributed by atoms with Crippen molar-refractivity contribution in [3.63, 3.8) is 0 Å². The average Bonchev–Trinajstić information content (AvgIpc) is 2.90. The molecule has 1 heterocycles. The van der Waals surface area contributed by atoms with E-state index in [1.54, 1.807) is 13.0 Å². The third-order valence-electron chi connectivity index (χ3n) is 3.03. The van der Waals surface area contributed by atoms with E-state index in [9.17, 15) is 4.39 Å². The number of aromatic nitrogens is 2. The molecule has 0 saturated carbocycles. The highest BCUT2D eigenvalue weighted by Gasteiger charge is 2.10. The van der Waals surface area contributed by atoms with Crippen LogP contribution in [0.15, 0.2) is 22.7 Å². The molecule has 0 aliphatic carbocycles. The fourth-order valence-corrected chi connectivity index (χ4v) is 2.84. The molecule has 3 nitrogen and oxygen atoms in total. The Hall–Kier alpha value is -1.36. The van der Waals surface area contributed by atoms with E-state index in [1.807, 2.05) is 17.8 Å². The van der Waals surface area contributed by atoms with Gasteiger partial charge in [0.15, 0.2) is 0 Å². The van der Waals surface area contributed by atoms with Crippen LogP contribution < -0.4 is 0 Å². The van der Waals surface area contributed by atoms with Crippen molar-refractivity contribution in [2.75, 3.05) is 11.5 Å². The third-order valence-corrected chi connectivity index (χ3v) is 4.51. The van der Waals surface area contributed by atoms with Gasteiger partial charge in [0.25, 0.3) is 0 Å². The molecular formula is C16H21FN2OS. The lowest BCUT2D eigenvalue weighted by molar-refractivity contribution is 0.378. The first-order valence-corrected chi connectivity index (χ1v) is 8.38. The van der Waals surface area contributed by atoms with E-state index < -0.39 is 0 Å². The maximum atomic E-state index is 13.5. The summed E-state index contributed by atoms with van der Waals surface area (Å²) in [5.74, 6) is 3.83. The predicted octanol–water partition coefficient (Wildman–Crippen LogP) is 4.51. The summed E-state index contributed by atoms with van der Waals surface area (Å²) < 4.78 is 18.8. The first-order chi connectivity index (χ1) is 10.1. The van der Waals surface area contributed by atoms with Crippen molar-refractivity contribution in [3.8, 4) is 11.4 Å². The van der Waals surface area contributed by atoms with Gasteiger partial charge in [-0.05, 0) is 42.4 Å². The molecular weight excluding hydrogens is 287 g/mol. The summed E-state index contributed by atoms with van der Waals surface area (Å²) in [4.78, 5) is 4.33. The number of hydrogen-bond acceptors (Lipinski definition) is 4. The lowest BCUT2D eigenvalue weighted by Gasteiger charge is -2.02. The third kappa shape index (κ3) is 4.84. The first kappa shape index (κ1) is 16.0. The summed E-state index contributed by atoms with van der Waals surface area (Å²) in [6.45, 7) is 6.17. The van der Waals surface area contributed by atoms with Gasteiger partial charge in [-0.3, -0.25) is 0 Å². The number of halogens is 1. The van der Waals surface area contributed by atoms with E-state index in [4.69, 9.17) is 4.52 Å². The van der Waals surface area contributed by atoms with Crippen molar-refractivity contribution in [1.82, 2.24) is 10.1 Å². The van der Waals surface area contributed by atoms with Gasteiger partial charge in [-0.15, -0.1) is 0 Å². The molecule has 0 amide bonds. The number of nitrogens with zero attached hydrogens (tertiary/aromatic N) is 2. The van der Waals surface area contributed by atoms with Crippen LogP contribution in [0.1, 0.15) is 31.7 Å². The standard InChI is InChI=1S/C16H21FN2OS/c1-11(2)10-21-8-4-5-15-18-16(19-20-15)13-7-6-12(3)14(17)9-13/h6-7,9,11H,4-5,8,10H2,1-3H3. The van der Waals surface area contributed by atoms with Gasteiger partial charge in [-0.1, -0.05) is 31.1 Å². The lowest BCUT2D eigenvalue weighted by atomic mass is 10.1. The summed E-state index contributed by atoms with van der Waals surface area (Å²) in [5, 5.41) is 3.92. The van der Waals surface area contributed by atoms with Crippen molar-refractivity contribution < 1.29 is 8.91 Å². The van der Waals surface area contributed by atoms with Gasteiger partial charge < -0.3 is 4.52 Å². The molecule has 2 rings (SSSR count). The number of benzene rings is 1. The quantitative estimate of drug-likeness (QED) is 0.706. The molecule has 0 radical (unpaired) electrons. The molecule has 0 spiro atoms. The fraction of sp³-hybridized carbons (Fsp3) is 0.500. The summed E-state index contributed by atoms with van der Waals surface area (Å²) in [6.07, 6.45) is 1.79. The number of thioether (sulfide) groups is 1. The van der Waals surface area contributed by atoms with Crippen molar-refractivity contribution in [1.29, 1.82) is 0 Å². The molecule has 0 bridgehead atoms. The lowest BCUT2D eigenvalue weighted by Crippen LogP contribution is -1.94. The van der Waals surface area contributed by atoms with E-state index in [-0.39, 0.29) is 5.82 Å². The first-order valence-electron chi connectivity index (χ1n) is 7.23. The maximum Gasteiger partial charge on any atom is 0.226 e. The zero-order valence-electron chi connectivity index (χ0n) is 12.7. The topological polar surface area (TPSA) is 38.9 Å². The normalized spacial score (nSPS) is 11.3. The number of rotatable bonds is 7. The predicted molar refractivity (Wildman–Crippen MR) is 84.9 cm³/mol. The second-order valence-electron chi connectivity index (χ2n) is 5.55. The molecule has 0 atom stereocenters. The summed E-state index contributed by atoms with van der Waals surface area (Å²) >= 11 is 1.95. The number of aryl methyl sites for hydroxylation is 2. The minimum absolute atomic E-state index is 0.246. The van der Waals surface area contributed by atoms with E-state index >= 15 is 0 Å². The monoisotopic (exact) mass is 308 g/mol. The molecule has 2 aromatic rings. The summed E-state index contributed by atoms with van der Waals surface area (Å²) in [7, 11) is 0. The Bertz CT molecular complexity index is 583. The van der Waals surface area contributed by atoms with E-state index in [1.165, 1.54) is 11.8 Å². The Morgan fingerprint density at radius 1 is 1.33 bits per heavy atom. The van der Waals surface area contributed by atoms with Crippen molar-refractivity contribution >= 4 is 11.8 Å². The summed E-state index contributed by atoms with van der Waals surface area (Å²) in [6, 6.07) is 4.98. The molecule has 0 aliphatic heterocycles. The summed E-state index contributed by atoms with van der Waals surface area (Å²) in [5.41, 5.74) is 1.27. The molecule has 21 heavy (non-hydrogen) atoms. The maximum absolute atomic E-state index is 13.5. The molecule has 0 N–H and O–H groups in total. The minimum Gasteiger partial charge on any atom is -0.339 e. The van der Waals surface area contributed by atoms with Crippen LogP contribution in [0.4, 0.5) is 4.39 Å². The van der Waals surface area contributed by atoms with E-state index in [0.717, 1.165) is 24.5 Å². The minimum atomic E-state index is -0.246. The van der Waals surface area contributed by atoms with E-state index in [0.29, 0.717) is 22.8 Å². The fourth-order valence-electron chi connectivity index (χ4n) is 1.85. The SMILES string of the molecule is Cc1ccc(-c2noc(CCCSCC(C)C)n2)cc1F. The van der Waals surface area contributed by atoms with Gasteiger partial charge in [0, 0.05) is 12.0 Å². The van der Waals surface area contributed by atoms with Gasteiger partial charge in [-0.2, -0.15) is 16.7 Å². The Kier molecular flexibility index (Phi) is 5.79. The van der Waals surface area contributed by atoms with Crippen LogP contribution in [0.3, 0.4) is 0 Å². The van der Waals surface area contributed by atoms with Crippen molar-refractivity contribution in [2.24, 2.45) is 5.92 Å². The highest BCUT2D eigenvalue weighted by molar-refractivity contribution is 7.99. The number of hydrogen-bond donors (Lipinski definition) is 0.